The number of hydrogen-bond donors (Lipinski definition) is 0. The second-order valence-electron chi connectivity index (χ2n) is 7.25. The third-order valence-corrected chi connectivity index (χ3v) is 5.98. The van der Waals surface area contributed by atoms with Crippen molar-refractivity contribution in [3.05, 3.63) is 60.2 Å². The summed E-state index contributed by atoms with van der Waals surface area (Å²) in [5, 5.41) is 8.79. The van der Waals surface area contributed by atoms with Crippen LogP contribution in [0, 0.1) is 0 Å². The number of anilines is 1. The minimum Gasteiger partial charge on any atom is -0.497 e. The van der Waals surface area contributed by atoms with Crippen molar-refractivity contribution in [2.75, 3.05) is 38.2 Å². The number of nitrogens with zero attached hydrogens (tertiary/aromatic N) is 6. The van der Waals surface area contributed by atoms with E-state index in [4.69, 9.17) is 4.74 Å². The normalized spacial score (nSPS) is 14.1. The van der Waals surface area contributed by atoms with Gasteiger partial charge in [0.1, 0.15) is 16.8 Å². The topological polar surface area (TPSA) is 84.3 Å². The summed E-state index contributed by atoms with van der Waals surface area (Å²) >= 11 is 1.16. The fourth-order valence-electron chi connectivity index (χ4n) is 3.65. The Morgan fingerprint density at radius 3 is 2.39 bits per heavy atom. The number of rotatable bonds is 4. The van der Waals surface area contributed by atoms with Gasteiger partial charge in [-0.15, -0.1) is 10.2 Å². The summed E-state index contributed by atoms with van der Waals surface area (Å²) in [6.07, 6.45) is 0. The van der Waals surface area contributed by atoms with Gasteiger partial charge in [0.2, 0.25) is 0 Å². The van der Waals surface area contributed by atoms with E-state index >= 15 is 0 Å². The number of carbonyl (C=O) groups excluding carboxylic acids is 1. The molecule has 5 rings (SSSR count). The van der Waals surface area contributed by atoms with Crippen LogP contribution in [0.15, 0.2) is 54.6 Å². The number of piperazine rings is 1. The Morgan fingerprint density at radius 2 is 1.68 bits per heavy atom. The highest BCUT2D eigenvalue weighted by Crippen LogP contribution is 2.22. The molecule has 2 aromatic carbocycles. The molecular weight excluding hydrogens is 412 g/mol. The molecule has 0 N–H and O–H groups in total. The molecule has 1 aliphatic rings. The molecule has 9 heteroatoms. The van der Waals surface area contributed by atoms with Crippen molar-refractivity contribution in [1.29, 1.82) is 0 Å². The van der Waals surface area contributed by atoms with Crippen LogP contribution in [0.3, 0.4) is 0 Å². The third-order valence-electron chi connectivity index (χ3n) is 5.43. The molecule has 1 saturated heterocycles. The fourth-order valence-corrected chi connectivity index (χ4v) is 4.16. The molecule has 0 spiro atoms. The maximum absolute atomic E-state index is 12.9. The van der Waals surface area contributed by atoms with Crippen molar-refractivity contribution >= 4 is 34.5 Å². The Bertz CT molecular complexity index is 1200. The summed E-state index contributed by atoms with van der Waals surface area (Å²) in [6.45, 7) is 2.69. The first kappa shape index (κ1) is 19.4. The molecule has 0 aliphatic carbocycles. The van der Waals surface area contributed by atoms with Gasteiger partial charge in [-0.2, -0.15) is 8.75 Å². The summed E-state index contributed by atoms with van der Waals surface area (Å²) in [5.74, 6) is 1.65. The predicted molar refractivity (Wildman–Crippen MR) is 120 cm³/mol. The molecule has 0 radical (unpaired) electrons. The number of amides is 1. The second kappa shape index (κ2) is 8.27. The van der Waals surface area contributed by atoms with Gasteiger partial charge >= 0.3 is 0 Å². The minimum absolute atomic E-state index is 0.0236. The largest absolute Gasteiger partial charge is 0.497 e. The van der Waals surface area contributed by atoms with Gasteiger partial charge in [0, 0.05) is 37.3 Å². The van der Waals surface area contributed by atoms with E-state index in [1.807, 2.05) is 59.5 Å². The highest BCUT2D eigenvalue weighted by atomic mass is 32.1. The molecule has 1 aliphatic heterocycles. The van der Waals surface area contributed by atoms with Gasteiger partial charge in [-0.1, -0.05) is 0 Å². The lowest BCUT2D eigenvalue weighted by Gasteiger charge is -2.35. The number of benzene rings is 2. The SMILES string of the molecule is COc1ccc(-c2ccc(N3CCN(C(=O)c4ccc5nsnc5c4)CC3)nn2)cc1. The first-order valence-corrected chi connectivity index (χ1v) is 10.7. The number of carbonyl (C=O) groups is 1. The van der Waals surface area contributed by atoms with Gasteiger partial charge in [0.05, 0.1) is 24.5 Å². The van der Waals surface area contributed by atoms with E-state index in [1.165, 1.54) is 0 Å². The average molecular weight is 433 g/mol. The summed E-state index contributed by atoms with van der Waals surface area (Å²) in [4.78, 5) is 16.9. The molecule has 156 valence electrons. The Kier molecular flexibility index (Phi) is 5.17. The zero-order valence-electron chi connectivity index (χ0n) is 16.9. The van der Waals surface area contributed by atoms with Gasteiger partial charge in [0.25, 0.3) is 5.91 Å². The highest BCUT2D eigenvalue weighted by Gasteiger charge is 2.23. The van der Waals surface area contributed by atoms with E-state index in [0.717, 1.165) is 45.6 Å². The van der Waals surface area contributed by atoms with Crippen molar-refractivity contribution in [1.82, 2.24) is 23.8 Å². The zero-order valence-corrected chi connectivity index (χ0v) is 17.7. The van der Waals surface area contributed by atoms with Crippen molar-refractivity contribution < 1.29 is 9.53 Å². The average Bonchev–Trinajstić information content (AvgIpc) is 3.32. The van der Waals surface area contributed by atoms with E-state index in [0.29, 0.717) is 31.7 Å². The summed E-state index contributed by atoms with van der Waals surface area (Å²) in [6, 6.07) is 17.2. The van der Waals surface area contributed by atoms with E-state index in [2.05, 4.69) is 23.8 Å². The van der Waals surface area contributed by atoms with Crippen LogP contribution >= 0.6 is 11.7 Å². The molecule has 8 nitrogen and oxygen atoms in total. The van der Waals surface area contributed by atoms with E-state index in [1.54, 1.807) is 7.11 Å². The molecule has 0 atom stereocenters. The Morgan fingerprint density at radius 1 is 0.903 bits per heavy atom. The van der Waals surface area contributed by atoms with Crippen LogP contribution in [0.4, 0.5) is 5.82 Å². The van der Waals surface area contributed by atoms with Crippen LogP contribution < -0.4 is 9.64 Å². The van der Waals surface area contributed by atoms with Gasteiger partial charge in [-0.3, -0.25) is 4.79 Å². The lowest BCUT2D eigenvalue weighted by atomic mass is 10.1. The number of fused-ring (bicyclic) bond motifs is 1. The molecule has 2 aromatic heterocycles. The first-order chi connectivity index (χ1) is 15.2. The van der Waals surface area contributed by atoms with Gasteiger partial charge in [0.15, 0.2) is 5.82 Å². The van der Waals surface area contributed by atoms with Crippen molar-refractivity contribution in [2.24, 2.45) is 0 Å². The van der Waals surface area contributed by atoms with Gasteiger partial charge in [-0.05, 0) is 54.6 Å². The number of aromatic nitrogens is 4. The second-order valence-corrected chi connectivity index (χ2v) is 7.78. The van der Waals surface area contributed by atoms with Crippen LogP contribution in [0.1, 0.15) is 10.4 Å². The van der Waals surface area contributed by atoms with Gasteiger partial charge in [-0.25, -0.2) is 0 Å². The lowest BCUT2D eigenvalue weighted by molar-refractivity contribution is 0.0746. The third kappa shape index (κ3) is 3.91. The van der Waals surface area contributed by atoms with Crippen LogP contribution in [0.2, 0.25) is 0 Å². The molecule has 0 bridgehead atoms. The maximum Gasteiger partial charge on any atom is 0.254 e. The minimum atomic E-state index is 0.0236. The smallest absolute Gasteiger partial charge is 0.254 e. The maximum atomic E-state index is 12.9. The molecule has 1 fully saturated rings. The van der Waals surface area contributed by atoms with Crippen molar-refractivity contribution in [3.63, 3.8) is 0 Å². The monoisotopic (exact) mass is 432 g/mol. The van der Waals surface area contributed by atoms with E-state index in [9.17, 15) is 4.79 Å². The summed E-state index contributed by atoms with van der Waals surface area (Å²) < 4.78 is 13.6. The Hall–Kier alpha value is -3.59. The number of hydrogen-bond acceptors (Lipinski definition) is 8. The number of ether oxygens (including phenoxy) is 1. The molecule has 3 heterocycles. The first-order valence-electron chi connectivity index (χ1n) is 9.96. The zero-order chi connectivity index (χ0) is 21.2. The Labute approximate surface area is 183 Å². The number of methoxy groups -OCH3 is 1. The van der Waals surface area contributed by atoms with Gasteiger partial charge < -0.3 is 14.5 Å². The Balaban J connectivity index is 1.23. The quantitative estimate of drug-likeness (QED) is 0.490. The highest BCUT2D eigenvalue weighted by molar-refractivity contribution is 7.00. The summed E-state index contributed by atoms with van der Waals surface area (Å²) in [7, 11) is 1.65. The van der Waals surface area contributed by atoms with Crippen molar-refractivity contribution in [3.8, 4) is 17.0 Å². The molecule has 31 heavy (non-hydrogen) atoms. The van der Waals surface area contributed by atoms with E-state index in [-0.39, 0.29) is 5.91 Å². The standard InChI is InChI=1S/C22H20N6O2S/c1-30-17-5-2-15(3-6-17)18-8-9-21(24-23-18)27-10-12-28(13-11-27)22(29)16-4-7-19-20(14-16)26-31-25-19/h2-9,14H,10-13H2,1H3. The van der Waals surface area contributed by atoms with E-state index < -0.39 is 0 Å². The lowest BCUT2D eigenvalue weighted by Crippen LogP contribution is -2.49. The molecule has 1 amide bonds. The van der Waals surface area contributed by atoms with Crippen LogP contribution in [0.25, 0.3) is 22.3 Å². The molecule has 4 aromatic rings. The van der Waals surface area contributed by atoms with Crippen LogP contribution in [-0.4, -0.2) is 63.0 Å². The van der Waals surface area contributed by atoms with Crippen LogP contribution in [0.5, 0.6) is 5.75 Å². The fraction of sp³-hybridized carbons (Fsp3) is 0.227. The van der Waals surface area contributed by atoms with Crippen LogP contribution in [-0.2, 0) is 0 Å². The molecular formula is C22H20N6O2S. The molecule has 0 saturated carbocycles. The molecule has 0 unspecified atom stereocenters. The van der Waals surface area contributed by atoms with Crippen molar-refractivity contribution in [2.45, 2.75) is 0 Å². The predicted octanol–water partition coefficient (Wildman–Crippen LogP) is 3.12. The summed E-state index contributed by atoms with van der Waals surface area (Å²) in [5.41, 5.74) is 4.04.